The second-order valence-corrected chi connectivity index (χ2v) is 4.38. The predicted octanol–water partition coefficient (Wildman–Crippen LogP) is 4.12. The van der Waals surface area contributed by atoms with Crippen LogP contribution >= 0.6 is 0 Å². The van der Waals surface area contributed by atoms with Gasteiger partial charge in [0.1, 0.15) is 24.7 Å². The summed E-state index contributed by atoms with van der Waals surface area (Å²) in [6.07, 6.45) is 0. The first-order valence-electron chi connectivity index (χ1n) is 6.57. The normalized spacial score (nSPS) is 11.4. The van der Waals surface area contributed by atoms with E-state index in [-0.39, 0.29) is 6.04 Å². The zero-order valence-electron chi connectivity index (χ0n) is 11.5. The van der Waals surface area contributed by atoms with Crippen molar-refractivity contribution >= 4 is 0 Å². The topological polar surface area (TPSA) is 22.8 Å². The van der Waals surface area contributed by atoms with Gasteiger partial charge in [-0.3, -0.25) is 0 Å². The molecule has 0 radical (unpaired) electrons. The SMILES string of the molecule is [C-]#[N+]C(C)c1ccc(OCCOc2ccccc2)cc1. The van der Waals surface area contributed by atoms with E-state index in [2.05, 4.69) is 4.85 Å². The summed E-state index contributed by atoms with van der Waals surface area (Å²) in [6, 6.07) is 17.2. The Morgan fingerprint density at radius 3 is 2.00 bits per heavy atom. The summed E-state index contributed by atoms with van der Waals surface area (Å²) in [6.45, 7) is 9.88. The van der Waals surface area contributed by atoms with Crippen LogP contribution in [0.2, 0.25) is 0 Å². The zero-order valence-corrected chi connectivity index (χ0v) is 11.5. The molecule has 0 aliphatic heterocycles. The van der Waals surface area contributed by atoms with E-state index in [4.69, 9.17) is 16.0 Å². The first-order chi connectivity index (χ1) is 9.79. The third-order valence-corrected chi connectivity index (χ3v) is 2.92. The number of para-hydroxylation sites is 1. The van der Waals surface area contributed by atoms with Gasteiger partial charge in [0, 0.05) is 12.5 Å². The summed E-state index contributed by atoms with van der Waals surface area (Å²) < 4.78 is 11.1. The van der Waals surface area contributed by atoms with Crippen molar-refractivity contribution in [3.8, 4) is 11.5 Å². The van der Waals surface area contributed by atoms with E-state index in [0.717, 1.165) is 17.1 Å². The van der Waals surface area contributed by atoms with Gasteiger partial charge in [0.15, 0.2) is 0 Å². The summed E-state index contributed by atoms with van der Waals surface area (Å²) in [5.41, 5.74) is 1.01. The van der Waals surface area contributed by atoms with Crippen LogP contribution < -0.4 is 9.47 Å². The first kappa shape index (κ1) is 14.0. The number of hydrogen-bond acceptors (Lipinski definition) is 2. The van der Waals surface area contributed by atoms with Gasteiger partial charge in [-0.25, -0.2) is 6.57 Å². The second kappa shape index (κ2) is 7.20. The monoisotopic (exact) mass is 267 g/mol. The third kappa shape index (κ3) is 4.03. The number of nitrogens with zero attached hydrogens (tertiary/aromatic N) is 1. The van der Waals surface area contributed by atoms with Crippen molar-refractivity contribution < 1.29 is 9.47 Å². The zero-order chi connectivity index (χ0) is 14.2. The molecule has 0 aliphatic rings. The molecular formula is C17H17NO2. The number of ether oxygens (including phenoxy) is 2. The predicted molar refractivity (Wildman–Crippen MR) is 78.9 cm³/mol. The van der Waals surface area contributed by atoms with Crippen LogP contribution in [0.5, 0.6) is 11.5 Å². The minimum Gasteiger partial charge on any atom is -0.490 e. The lowest BCUT2D eigenvalue weighted by Gasteiger charge is -2.08. The van der Waals surface area contributed by atoms with E-state index in [1.807, 2.05) is 61.5 Å². The van der Waals surface area contributed by atoms with Crippen molar-refractivity contribution in [2.75, 3.05) is 13.2 Å². The van der Waals surface area contributed by atoms with E-state index in [9.17, 15) is 0 Å². The van der Waals surface area contributed by atoms with Crippen molar-refractivity contribution in [1.82, 2.24) is 0 Å². The van der Waals surface area contributed by atoms with Gasteiger partial charge in [0.2, 0.25) is 6.04 Å². The largest absolute Gasteiger partial charge is 0.490 e. The molecule has 0 fully saturated rings. The summed E-state index contributed by atoms with van der Waals surface area (Å²) >= 11 is 0. The van der Waals surface area contributed by atoms with Gasteiger partial charge < -0.3 is 14.3 Å². The number of rotatable bonds is 6. The van der Waals surface area contributed by atoms with E-state index in [1.54, 1.807) is 0 Å². The molecule has 0 heterocycles. The highest BCUT2D eigenvalue weighted by atomic mass is 16.5. The molecule has 102 valence electrons. The third-order valence-electron chi connectivity index (χ3n) is 2.92. The lowest BCUT2D eigenvalue weighted by molar-refractivity contribution is 0.217. The van der Waals surface area contributed by atoms with E-state index in [1.165, 1.54) is 0 Å². The Balaban J connectivity index is 1.76. The maximum absolute atomic E-state index is 6.99. The van der Waals surface area contributed by atoms with E-state index >= 15 is 0 Å². The Morgan fingerprint density at radius 2 is 1.45 bits per heavy atom. The minimum absolute atomic E-state index is 0.106. The van der Waals surface area contributed by atoms with Gasteiger partial charge >= 0.3 is 0 Å². The Labute approximate surface area is 119 Å². The smallest absolute Gasteiger partial charge is 0.245 e. The van der Waals surface area contributed by atoms with Crippen LogP contribution in [0, 0.1) is 6.57 Å². The molecule has 2 rings (SSSR count). The molecule has 0 saturated heterocycles. The molecule has 20 heavy (non-hydrogen) atoms. The molecule has 0 amide bonds. The van der Waals surface area contributed by atoms with Gasteiger partial charge in [0.25, 0.3) is 0 Å². The van der Waals surface area contributed by atoms with Crippen LogP contribution in [-0.2, 0) is 0 Å². The van der Waals surface area contributed by atoms with E-state index < -0.39 is 0 Å². The standard InChI is InChI=1S/C17H17NO2/c1-14(18-2)15-8-10-17(11-9-15)20-13-12-19-16-6-4-3-5-7-16/h3-11,14H,12-13H2,1H3. The fourth-order valence-electron chi connectivity index (χ4n) is 1.75. The summed E-state index contributed by atoms with van der Waals surface area (Å²) in [5, 5.41) is 0. The molecule has 2 aromatic rings. The molecule has 0 spiro atoms. The Kier molecular flexibility index (Phi) is 5.02. The maximum Gasteiger partial charge on any atom is 0.245 e. The quantitative estimate of drug-likeness (QED) is 0.580. The van der Waals surface area contributed by atoms with Gasteiger partial charge in [-0.05, 0) is 36.4 Å². The molecule has 3 nitrogen and oxygen atoms in total. The molecule has 0 bridgehead atoms. The van der Waals surface area contributed by atoms with E-state index in [0.29, 0.717) is 13.2 Å². The number of hydrogen-bond donors (Lipinski definition) is 0. The van der Waals surface area contributed by atoms with Gasteiger partial charge in [0.05, 0.1) is 0 Å². The Morgan fingerprint density at radius 1 is 0.900 bits per heavy atom. The molecule has 0 saturated carbocycles. The molecule has 3 heteroatoms. The van der Waals surface area contributed by atoms with Crippen LogP contribution in [-0.4, -0.2) is 13.2 Å². The summed E-state index contributed by atoms with van der Waals surface area (Å²) in [5.74, 6) is 1.64. The molecular weight excluding hydrogens is 250 g/mol. The molecule has 0 N–H and O–H groups in total. The lowest BCUT2D eigenvalue weighted by Crippen LogP contribution is -2.08. The second-order valence-electron chi connectivity index (χ2n) is 4.38. The average Bonchev–Trinajstić information content (AvgIpc) is 2.52. The van der Waals surface area contributed by atoms with Gasteiger partial charge in [-0.1, -0.05) is 18.2 Å². The van der Waals surface area contributed by atoms with Crippen molar-refractivity contribution in [1.29, 1.82) is 0 Å². The first-order valence-corrected chi connectivity index (χ1v) is 6.57. The highest BCUT2D eigenvalue weighted by Gasteiger charge is 2.07. The van der Waals surface area contributed by atoms with Gasteiger partial charge in [-0.15, -0.1) is 0 Å². The fraction of sp³-hybridized carbons (Fsp3) is 0.235. The van der Waals surface area contributed by atoms with Crippen LogP contribution in [0.3, 0.4) is 0 Å². The molecule has 0 aromatic heterocycles. The van der Waals surface area contributed by atoms with Crippen LogP contribution in [0.25, 0.3) is 4.85 Å². The highest BCUT2D eigenvalue weighted by Crippen LogP contribution is 2.20. The Hall–Kier alpha value is -2.47. The summed E-state index contributed by atoms with van der Waals surface area (Å²) in [4.78, 5) is 3.49. The van der Waals surface area contributed by atoms with Crippen LogP contribution in [0.1, 0.15) is 18.5 Å². The fourth-order valence-corrected chi connectivity index (χ4v) is 1.75. The average molecular weight is 267 g/mol. The summed E-state index contributed by atoms with van der Waals surface area (Å²) in [7, 11) is 0. The van der Waals surface area contributed by atoms with Crippen LogP contribution in [0.15, 0.2) is 54.6 Å². The van der Waals surface area contributed by atoms with Crippen molar-refractivity contribution in [3.05, 3.63) is 71.6 Å². The molecule has 0 aliphatic carbocycles. The number of benzene rings is 2. The van der Waals surface area contributed by atoms with Crippen molar-refractivity contribution in [3.63, 3.8) is 0 Å². The maximum atomic E-state index is 6.99. The molecule has 1 atom stereocenters. The Bertz CT molecular complexity index is 558. The lowest BCUT2D eigenvalue weighted by atomic mass is 10.1. The minimum atomic E-state index is -0.106. The molecule has 2 aromatic carbocycles. The van der Waals surface area contributed by atoms with Crippen LogP contribution in [0.4, 0.5) is 0 Å². The van der Waals surface area contributed by atoms with Crippen molar-refractivity contribution in [2.24, 2.45) is 0 Å². The highest BCUT2D eigenvalue weighted by molar-refractivity contribution is 5.30. The van der Waals surface area contributed by atoms with Crippen molar-refractivity contribution in [2.45, 2.75) is 13.0 Å². The van der Waals surface area contributed by atoms with Gasteiger partial charge in [-0.2, -0.15) is 0 Å². The molecule has 1 unspecified atom stereocenters.